The zero-order valence-electron chi connectivity index (χ0n) is 15.2. The fraction of sp³-hybridized carbons (Fsp3) is 0.350. The minimum atomic E-state index is -0.239. The molecule has 0 aliphatic rings. The molecule has 0 fully saturated rings. The highest BCUT2D eigenvalue weighted by Crippen LogP contribution is 2.10. The number of aromatic nitrogens is 1. The predicted octanol–water partition coefficient (Wildman–Crippen LogP) is 3.58. The van der Waals surface area contributed by atoms with E-state index in [0.29, 0.717) is 35.7 Å². The van der Waals surface area contributed by atoms with Crippen molar-refractivity contribution in [2.24, 2.45) is 0 Å². The van der Waals surface area contributed by atoms with Crippen LogP contribution in [0.25, 0.3) is 0 Å². The van der Waals surface area contributed by atoms with Crippen LogP contribution in [0, 0.1) is 0 Å². The molecule has 0 unspecified atom stereocenters. The Labute approximate surface area is 159 Å². The summed E-state index contributed by atoms with van der Waals surface area (Å²) in [6, 6.07) is 9.11. The third kappa shape index (κ3) is 5.85. The molecule has 6 heteroatoms. The number of pyridine rings is 1. The van der Waals surface area contributed by atoms with Crippen LogP contribution in [-0.2, 0) is 6.42 Å². The van der Waals surface area contributed by atoms with E-state index in [-0.39, 0.29) is 11.8 Å². The zero-order valence-corrected chi connectivity index (χ0v) is 15.9. The largest absolute Gasteiger partial charge is 0.352 e. The molecule has 0 bridgehead atoms. The highest BCUT2D eigenvalue weighted by Gasteiger charge is 2.14. The van der Waals surface area contributed by atoms with Crippen molar-refractivity contribution in [2.75, 3.05) is 20.1 Å². The van der Waals surface area contributed by atoms with Crippen LogP contribution in [0.4, 0.5) is 0 Å². The quantitative estimate of drug-likeness (QED) is 0.769. The van der Waals surface area contributed by atoms with Gasteiger partial charge in [0.15, 0.2) is 0 Å². The number of benzene rings is 1. The Hall–Kier alpha value is -2.40. The van der Waals surface area contributed by atoms with Gasteiger partial charge >= 0.3 is 0 Å². The lowest BCUT2D eigenvalue weighted by atomic mass is 10.1. The zero-order chi connectivity index (χ0) is 18.9. The van der Waals surface area contributed by atoms with E-state index < -0.39 is 0 Å². The van der Waals surface area contributed by atoms with Gasteiger partial charge in [0.05, 0.1) is 11.1 Å². The van der Waals surface area contributed by atoms with E-state index in [4.69, 9.17) is 11.6 Å². The number of halogens is 1. The summed E-state index contributed by atoms with van der Waals surface area (Å²) in [5, 5.41) is 3.54. The van der Waals surface area contributed by atoms with E-state index in [2.05, 4.69) is 17.2 Å². The molecule has 0 spiro atoms. The highest BCUT2D eigenvalue weighted by molar-refractivity contribution is 6.30. The fourth-order valence-corrected chi connectivity index (χ4v) is 2.60. The predicted molar refractivity (Wildman–Crippen MR) is 104 cm³/mol. The molecule has 1 aromatic heterocycles. The summed E-state index contributed by atoms with van der Waals surface area (Å²) in [6.07, 6.45) is 5.64. The number of nitrogens with zero attached hydrogens (tertiary/aromatic N) is 2. The first-order valence-corrected chi connectivity index (χ1v) is 9.12. The Balaban J connectivity index is 1.92. The maximum absolute atomic E-state index is 12.4. The van der Waals surface area contributed by atoms with Gasteiger partial charge in [-0.1, -0.05) is 37.1 Å². The van der Waals surface area contributed by atoms with E-state index in [1.54, 1.807) is 18.0 Å². The number of unbranched alkanes of at least 4 members (excludes halogenated alkanes) is 1. The average molecular weight is 374 g/mol. The Morgan fingerprint density at radius 1 is 1.15 bits per heavy atom. The van der Waals surface area contributed by atoms with Crippen LogP contribution in [0.5, 0.6) is 0 Å². The molecule has 1 aromatic carbocycles. The smallest absolute Gasteiger partial charge is 0.255 e. The van der Waals surface area contributed by atoms with Gasteiger partial charge in [0, 0.05) is 37.6 Å². The number of hydrogen-bond donors (Lipinski definition) is 1. The van der Waals surface area contributed by atoms with Crippen LogP contribution in [0.15, 0.2) is 42.7 Å². The van der Waals surface area contributed by atoms with Gasteiger partial charge in [0.1, 0.15) is 0 Å². The summed E-state index contributed by atoms with van der Waals surface area (Å²) >= 11 is 5.86. The highest BCUT2D eigenvalue weighted by atomic mass is 35.5. The Kier molecular flexibility index (Phi) is 7.60. The van der Waals surface area contributed by atoms with E-state index in [9.17, 15) is 9.59 Å². The molecule has 2 aromatic rings. The topological polar surface area (TPSA) is 62.3 Å². The van der Waals surface area contributed by atoms with Crippen LogP contribution in [0.1, 0.15) is 46.0 Å². The Morgan fingerprint density at radius 3 is 2.54 bits per heavy atom. The maximum atomic E-state index is 12.4. The van der Waals surface area contributed by atoms with Crippen molar-refractivity contribution in [1.29, 1.82) is 0 Å². The second-order valence-corrected chi connectivity index (χ2v) is 6.61. The minimum Gasteiger partial charge on any atom is -0.352 e. The van der Waals surface area contributed by atoms with Crippen molar-refractivity contribution in [3.63, 3.8) is 0 Å². The maximum Gasteiger partial charge on any atom is 0.255 e. The number of carbonyl (C=O) groups is 2. The van der Waals surface area contributed by atoms with Gasteiger partial charge in [0.25, 0.3) is 11.8 Å². The first kappa shape index (κ1) is 19.9. The molecule has 0 aliphatic carbocycles. The molecule has 1 heterocycles. The molecule has 0 saturated carbocycles. The van der Waals surface area contributed by atoms with Crippen molar-refractivity contribution in [3.05, 3.63) is 64.4 Å². The van der Waals surface area contributed by atoms with Crippen LogP contribution in [-0.4, -0.2) is 41.8 Å². The van der Waals surface area contributed by atoms with E-state index >= 15 is 0 Å². The van der Waals surface area contributed by atoms with Crippen molar-refractivity contribution < 1.29 is 9.59 Å². The number of amides is 2. The van der Waals surface area contributed by atoms with E-state index in [1.807, 2.05) is 24.3 Å². The number of carbonyl (C=O) groups excluding carboxylic acids is 2. The summed E-state index contributed by atoms with van der Waals surface area (Å²) in [5.41, 5.74) is 1.90. The van der Waals surface area contributed by atoms with Crippen molar-refractivity contribution >= 4 is 23.4 Å². The molecule has 0 saturated heterocycles. The second kappa shape index (κ2) is 9.92. The lowest BCUT2D eigenvalue weighted by Gasteiger charge is -2.16. The molecule has 0 atom stereocenters. The van der Waals surface area contributed by atoms with Crippen LogP contribution in [0.2, 0.25) is 5.02 Å². The van der Waals surface area contributed by atoms with Gasteiger partial charge in [-0.15, -0.1) is 0 Å². The lowest BCUT2D eigenvalue weighted by molar-refractivity contribution is 0.0793. The summed E-state index contributed by atoms with van der Waals surface area (Å²) in [4.78, 5) is 30.4. The standard InChI is InChI=1S/C20H24ClN3O2/c1-3-4-11-24(2)20(26)17-12-16(13-22-14-17)19(25)23-10-9-15-5-7-18(21)8-6-15/h5-8,12-14H,3-4,9-11H2,1-2H3,(H,23,25). The van der Waals surface area contributed by atoms with Gasteiger partial charge in [0.2, 0.25) is 0 Å². The molecule has 2 rings (SSSR count). The van der Waals surface area contributed by atoms with Gasteiger partial charge < -0.3 is 10.2 Å². The third-order valence-corrected chi connectivity index (χ3v) is 4.31. The van der Waals surface area contributed by atoms with E-state index in [0.717, 1.165) is 18.4 Å². The molecule has 2 amide bonds. The average Bonchev–Trinajstić information content (AvgIpc) is 2.67. The third-order valence-electron chi connectivity index (χ3n) is 4.05. The second-order valence-electron chi connectivity index (χ2n) is 6.17. The molecular weight excluding hydrogens is 350 g/mol. The molecular formula is C20H24ClN3O2. The van der Waals surface area contributed by atoms with E-state index in [1.165, 1.54) is 12.4 Å². The molecule has 138 valence electrons. The first-order valence-electron chi connectivity index (χ1n) is 8.74. The molecule has 5 nitrogen and oxygen atoms in total. The van der Waals surface area contributed by atoms with Gasteiger partial charge in [-0.3, -0.25) is 14.6 Å². The molecule has 26 heavy (non-hydrogen) atoms. The minimum absolute atomic E-state index is 0.123. The SMILES string of the molecule is CCCCN(C)C(=O)c1cncc(C(=O)NCCc2ccc(Cl)cc2)c1. The van der Waals surface area contributed by atoms with Crippen LogP contribution in [0.3, 0.4) is 0 Å². The van der Waals surface area contributed by atoms with Gasteiger partial charge in [-0.2, -0.15) is 0 Å². The molecule has 0 aliphatic heterocycles. The van der Waals surface area contributed by atoms with Crippen LogP contribution >= 0.6 is 11.6 Å². The summed E-state index contributed by atoms with van der Waals surface area (Å²) < 4.78 is 0. The van der Waals surface area contributed by atoms with Crippen molar-refractivity contribution in [2.45, 2.75) is 26.2 Å². The summed E-state index contributed by atoms with van der Waals surface area (Å²) in [5.74, 6) is -0.362. The number of hydrogen-bond acceptors (Lipinski definition) is 3. The fourth-order valence-electron chi connectivity index (χ4n) is 2.47. The summed E-state index contributed by atoms with van der Waals surface area (Å²) in [7, 11) is 1.76. The number of nitrogens with one attached hydrogen (secondary N) is 1. The normalized spacial score (nSPS) is 10.4. The molecule has 1 N–H and O–H groups in total. The van der Waals surface area contributed by atoms with Gasteiger partial charge in [-0.25, -0.2) is 0 Å². The number of rotatable bonds is 8. The monoisotopic (exact) mass is 373 g/mol. The van der Waals surface area contributed by atoms with Gasteiger partial charge in [-0.05, 0) is 36.6 Å². The molecule has 0 radical (unpaired) electrons. The van der Waals surface area contributed by atoms with Crippen LogP contribution < -0.4 is 5.32 Å². The van der Waals surface area contributed by atoms with Crippen molar-refractivity contribution in [1.82, 2.24) is 15.2 Å². The Bertz CT molecular complexity index is 747. The Morgan fingerprint density at radius 2 is 1.85 bits per heavy atom. The lowest BCUT2D eigenvalue weighted by Crippen LogP contribution is -2.29. The summed E-state index contributed by atoms with van der Waals surface area (Å²) in [6.45, 7) is 3.26. The van der Waals surface area contributed by atoms with Crippen molar-refractivity contribution in [3.8, 4) is 0 Å². The first-order chi connectivity index (χ1) is 12.5.